The Morgan fingerprint density at radius 1 is 1.14 bits per heavy atom. The number of likely N-dealkylation sites (tertiary alicyclic amines) is 1. The van der Waals surface area contributed by atoms with Crippen LogP contribution in [0.5, 0.6) is 5.75 Å². The zero-order chi connectivity index (χ0) is 24.5. The minimum absolute atomic E-state index is 0.132. The quantitative estimate of drug-likeness (QED) is 0.528. The molecule has 11 heteroatoms. The van der Waals surface area contributed by atoms with E-state index in [-0.39, 0.29) is 24.5 Å². The van der Waals surface area contributed by atoms with Gasteiger partial charge in [-0.25, -0.2) is 0 Å². The van der Waals surface area contributed by atoms with Crippen LogP contribution in [0.1, 0.15) is 57.1 Å². The highest BCUT2D eigenvalue weighted by Crippen LogP contribution is 2.25. The van der Waals surface area contributed by atoms with E-state index in [4.69, 9.17) is 9.47 Å². The van der Waals surface area contributed by atoms with Gasteiger partial charge < -0.3 is 19.7 Å². The van der Waals surface area contributed by atoms with Crippen molar-refractivity contribution in [2.45, 2.75) is 57.4 Å². The van der Waals surface area contributed by atoms with E-state index in [1.807, 2.05) is 12.3 Å². The van der Waals surface area contributed by atoms with Gasteiger partial charge in [0.2, 0.25) is 0 Å². The van der Waals surface area contributed by atoms with E-state index in [0.29, 0.717) is 48.9 Å². The maximum atomic E-state index is 13.5. The molecule has 3 aromatic rings. The molecule has 2 atom stereocenters. The van der Waals surface area contributed by atoms with Gasteiger partial charge in [-0.15, -0.1) is 5.10 Å². The summed E-state index contributed by atoms with van der Waals surface area (Å²) in [6.07, 6.45) is 6.14. The second-order valence-electron chi connectivity index (χ2n) is 9.58. The van der Waals surface area contributed by atoms with Crippen molar-refractivity contribution < 1.29 is 19.1 Å². The summed E-state index contributed by atoms with van der Waals surface area (Å²) in [6.45, 7) is 2.08. The van der Waals surface area contributed by atoms with E-state index in [1.165, 1.54) is 0 Å². The van der Waals surface area contributed by atoms with E-state index in [1.54, 1.807) is 27.8 Å². The van der Waals surface area contributed by atoms with Crippen molar-refractivity contribution in [3.05, 3.63) is 58.7 Å². The number of carbonyl (C=O) groups is 2. The highest BCUT2D eigenvalue weighted by atomic mass is 16.5. The van der Waals surface area contributed by atoms with Gasteiger partial charge in [0, 0.05) is 42.9 Å². The molecule has 0 spiro atoms. The molecule has 0 saturated carbocycles. The number of fused-ring (bicyclic) bond motifs is 6. The topological polar surface area (TPSA) is 127 Å². The van der Waals surface area contributed by atoms with Crippen LogP contribution in [-0.4, -0.2) is 73.7 Å². The number of nitrogens with zero attached hydrogens (tertiary/aromatic N) is 5. The van der Waals surface area contributed by atoms with Gasteiger partial charge in [-0.05, 0) is 43.9 Å². The average Bonchev–Trinajstić information content (AvgIpc) is 3.63. The fraction of sp³-hybridized carbons (Fsp3) is 0.480. The number of carbonyl (C=O) groups excluding carboxylic acids is 2. The van der Waals surface area contributed by atoms with Gasteiger partial charge in [-0.1, -0.05) is 11.3 Å². The van der Waals surface area contributed by atoms with Crippen LogP contribution in [0, 0.1) is 0 Å². The minimum Gasteiger partial charge on any atom is -0.494 e. The minimum atomic E-state index is -0.398. The molecule has 0 radical (unpaired) electrons. The van der Waals surface area contributed by atoms with E-state index < -0.39 is 6.10 Å². The molecule has 2 amide bonds. The number of hydrogen-bond acceptors (Lipinski definition) is 7. The highest BCUT2D eigenvalue weighted by molar-refractivity contribution is 5.96. The monoisotopic (exact) mass is 491 g/mol. The first-order valence-electron chi connectivity index (χ1n) is 12.5. The number of H-pyrrole nitrogens is 1. The van der Waals surface area contributed by atoms with Crippen LogP contribution in [0.15, 0.2) is 30.5 Å². The molecular formula is C25H29N7O4. The lowest BCUT2D eigenvalue weighted by Crippen LogP contribution is -2.44. The van der Waals surface area contributed by atoms with Crippen molar-refractivity contribution >= 4 is 11.8 Å². The van der Waals surface area contributed by atoms with Crippen molar-refractivity contribution in [3.63, 3.8) is 0 Å². The van der Waals surface area contributed by atoms with Crippen LogP contribution in [-0.2, 0) is 30.7 Å². The molecular weight excluding hydrogens is 462 g/mol. The molecule has 1 aliphatic carbocycles. The molecule has 3 aliphatic rings. The van der Waals surface area contributed by atoms with Crippen molar-refractivity contribution in [2.75, 3.05) is 19.7 Å². The van der Waals surface area contributed by atoms with E-state index >= 15 is 0 Å². The number of benzene rings is 1. The maximum absolute atomic E-state index is 13.5. The predicted octanol–water partition coefficient (Wildman–Crippen LogP) is 1.50. The Morgan fingerprint density at radius 3 is 3.00 bits per heavy atom. The summed E-state index contributed by atoms with van der Waals surface area (Å²) >= 11 is 0. The Labute approximate surface area is 208 Å². The molecule has 11 nitrogen and oxygen atoms in total. The fourth-order valence-electron chi connectivity index (χ4n) is 5.16. The number of hydrogen-bond donors (Lipinski definition) is 2. The van der Waals surface area contributed by atoms with Gasteiger partial charge >= 0.3 is 0 Å². The largest absolute Gasteiger partial charge is 0.494 e. The summed E-state index contributed by atoms with van der Waals surface area (Å²) < 4.78 is 13.8. The summed E-state index contributed by atoms with van der Waals surface area (Å²) in [5.74, 6) is 0.267. The van der Waals surface area contributed by atoms with Gasteiger partial charge in [0.05, 0.1) is 31.6 Å². The van der Waals surface area contributed by atoms with Gasteiger partial charge in [-0.2, -0.15) is 5.10 Å². The summed E-state index contributed by atoms with van der Waals surface area (Å²) in [5, 5.41) is 18.9. The first kappa shape index (κ1) is 22.7. The lowest BCUT2D eigenvalue weighted by atomic mass is 9.95. The third kappa shape index (κ3) is 4.58. The van der Waals surface area contributed by atoms with Crippen LogP contribution in [0.3, 0.4) is 0 Å². The second-order valence-corrected chi connectivity index (χ2v) is 9.58. The average molecular weight is 492 g/mol. The molecule has 6 rings (SSSR count). The van der Waals surface area contributed by atoms with Crippen LogP contribution in [0.25, 0.3) is 0 Å². The Balaban J connectivity index is 1.25. The van der Waals surface area contributed by atoms with Crippen LogP contribution < -0.4 is 10.1 Å². The number of aromatic amines is 1. The van der Waals surface area contributed by atoms with Crippen molar-refractivity contribution in [3.8, 4) is 5.75 Å². The molecule has 1 aromatic carbocycles. The second kappa shape index (κ2) is 9.73. The molecule has 4 bridgehead atoms. The summed E-state index contributed by atoms with van der Waals surface area (Å²) in [7, 11) is 0. The summed E-state index contributed by atoms with van der Waals surface area (Å²) in [5.41, 5.74) is 3.77. The third-order valence-corrected chi connectivity index (χ3v) is 7.06. The number of aromatic nitrogens is 5. The van der Waals surface area contributed by atoms with Gasteiger partial charge in [0.15, 0.2) is 5.69 Å². The zero-order valence-electron chi connectivity index (χ0n) is 20.0. The summed E-state index contributed by atoms with van der Waals surface area (Å²) in [4.78, 5) is 28.3. The number of rotatable bonds is 1. The summed E-state index contributed by atoms with van der Waals surface area (Å²) in [6, 6.07) is 6.74. The molecule has 188 valence electrons. The number of amides is 2. The molecule has 2 aromatic heterocycles. The lowest BCUT2D eigenvalue weighted by molar-refractivity contribution is 0.0290. The normalized spacial score (nSPS) is 22.3. The van der Waals surface area contributed by atoms with Crippen molar-refractivity contribution in [1.82, 2.24) is 35.4 Å². The zero-order valence-corrected chi connectivity index (χ0v) is 20.0. The number of nitrogens with one attached hydrogen (secondary N) is 2. The first-order chi connectivity index (χ1) is 17.6. The van der Waals surface area contributed by atoms with Crippen LogP contribution in [0.2, 0.25) is 0 Å². The maximum Gasteiger partial charge on any atom is 0.274 e. The predicted molar refractivity (Wildman–Crippen MR) is 128 cm³/mol. The number of ether oxygens (including phenoxy) is 2. The lowest BCUT2D eigenvalue weighted by Gasteiger charge is -2.20. The SMILES string of the molecule is O=C1N[C@H]2CN(C(=O)c3n[nH]c4c3CCCC4)C[C@@H]2OCc2cn(nn2)CCCOc2cccc1c2. The molecule has 36 heavy (non-hydrogen) atoms. The van der Waals surface area contributed by atoms with Crippen LogP contribution >= 0.6 is 0 Å². The van der Waals surface area contributed by atoms with E-state index in [2.05, 4.69) is 25.8 Å². The Bertz CT molecular complexity index is 1270. The molecule has 0 unspecified atom stereocenters. The Kier molecular flexibility index (Phi) is 6.14. The van der Waals surface area contributed by atoms with Crippen molar-refractivity contribution in [1.29, 1.82) is 0 Å². The Hall–Kier alpha value is -3.73. The molecule has 2 N–H and O–H groups in total. The Morgan fingerprint density at radius 2 is 2.06 bits per heavy atom. The molecule has 2 aliphatic heterocycles. The van der Waals surface area contributed by atoms with Gasteiger partial charge in [0.25, 0.3) is 11.8 Å². The standard InChI is InChI=1S/C25H29N7O4/c33-24-16-5-3-6-18(11-16)35-10-4-9-32-12-17(27-30-32)15-36-22-14-31(13-21(22)26-24)25(34)23-19-7-1-2-8-20(19)28-29-23/h3,5-6,11-12,21-22H,1-2,4,7-10,13-15H2,(H,26,33)(H,28,29)/t21-,22-/m0/s1. The molecule has 1 saturated heterocycles. The van der Waals surface area contributed by atoms with E-state index in [0.717, 1.165) is 43.4 Å². The first-order valence-corrected chi connectivity index (χ1v) is 12.5. The van der Waals surface area contributed by atoms with Gasteiger partial charge in [-0.3, -0.25) is 19.4 Å². The fourth-order valence-corrected chi connectivity index (χ4v) is 5.16. The smallest absolute Gasteiger partial charge is 0.274 e. The molecule has 1 fully saturated rings. The molecule has 4 heterocycles. The van der Waals surface area contributed by atoms with Crippen LogP contribution in [0.4, 0.5) is 0 Å². The number of aryl methyl sites for hydroxylation is 2. The highest BCUT2D eigenvalue weighted by Gasteiger charge is 2.39. The van der Waals surface area contributed by atoms with E-state index in [9.17, 15) is 9.59 Å². The van der Waals surface area contributed by atoms with Gasteiger partial charge in [0.1, 0.15) is 11.4 Å². The van der Waals surface area contributed by atoms with Crippen molar-refractivity contribution in [2.24, 2.45) is 0 Å². The third-order valence-electron chi connectivity index (χ3n) is 7.06.